The molecule has 4 N–H and O–H groups in total. The normalized spacial score (nSPS) is 21.6. The summed E-state index contributed by atoms with van der Waals surface area (Å²) in [6, 6.07) is 4.94. The predicted molar refractivity (Wildman–Crippen MR) is 207 cm³/mol. The molecule has 298 valence electrons. The van der Waals surface area contributed by atoms with E-state index in [0.717, 1.165) is 57.8 Å². The third kappa shape index (κ3) is 10.3. The first-order valence-corrected chi connectivity index (χ1v) is 19.9. The lowest BCUT2D eigenvalue weighted by molar-refractivity contribution is -0.147. The Bertz CT molecular complexity index is 1660. The number of rotatable bonds is 14. The molecule has 6 atom stereocenters. The maximum Gasteiger partial charge on any atom is 0.308 e. The van der Waals surface area contributed by atoms with E-state index in [1.807, 2.05) is 45.9 Å². The van der Waals surface area contributed by atoms with Crippen LogP contribution in [0.25, 0.3) is 0 Å². The van der Waals surface area contributed by atoms with Crippen LogP contribution in [0.5, 0.6) is 0 Å². The van der Waals surface area contributed by atoms with E-state index in [1.165, 1.54) is 23.6 Å². The van der Waals surface area contributed by atoms with E-state index in [0.29, 0.717) is 18.5 Å². The van der Waals surface area contributed by atoms with E-state index >= 15 is 0 Å². The predicted octanol–water partition coefficient (Wildman–Crippen LogP) is 3.87. The van der Waals surface area contributed by atoms with Crippen LogP contribution in [0.4, 0.5) is 5.69 Å². The molecule has 1 aromatic carbocycles. The summed E-state index contributed by atoms with van der Waals surface area (Å²) in [5.41, 5.74) is 2.61. The van der Waals surface area contributed by atoms with Gasteiger partial charge in [0.25, 0.3) is 5.91 Å². The molecule has 2 unspecified atom stereocenters. The second kappa shape index (κ2) is 18.6. The van der Waals surface area contributed by atoms with E-state index in [1.54, 1.807) is 24.1 Å². The highest BCUT2D eigenvalue weighted by molar-refractivity contribution is 6.38. The summed E-state index contributed by atoms with van der Waals surface area (Å²) in [6.45, 7) is 7.48. The van der Waals surface area contributed by atoms with Crippen LogP contribution >= 0.6 is 0 Å². The molecule has 2 heterocycles. The van der Waals surface area contributed by atoms with Crippen molar-refractivity contribution in [1.29, 1.82) is 0 Å². The zero-order valence-corrected chi connectivity index (χ0v) is 32.9. The van der Waals surface area contributed by atoms with Crippen LogP contribution in [-0.2, 0) is 24.0 Å². The van der Waals surface area contributed by atoms with Crippen LogP contribution in [0, 0.1) is 17.3 Å². The molecule has 0 spiro atoms. The smallest absolute Gasteiger partial charge is 0.308 e. The average Bonchev–Trinajstić information content (AvgIpc) is 3.58. The fourth-order valence-electron chi connectivity index (χ4n) is 8.44. The van der Waals surface area contributed by atoms with Gasteiger partial charge in [-0.05, 0) is 67.9 Å². The molecule has 2 saturated carbocycles. The van der Waals surface area contributed by atoms with E-state index in [4.69, 9.17) is 0 Å². The van der Waals surface area contributed by atoms with Gasteiger partial charge >= 0.3 is 5.91 Å². The standard InChI is InChI=1S/C41H58N8O6/c1-6-15-29(34(50)39(54)47-48(5)28-19-11-8-12-20-28)44-37(52)32-24-27-18-13-14-21-31(27)49(32)40(55)35(41(2,3)4)46-38(53)33(26-16-9-7-10-17-26)45-36(51)30-25-42-22-23-43-30/h8,11-12,19-20,22-23,25-27,29,31-33,35H,6-7,9-10,13-18,21,24H2,1-5H3,(H,44,52)(H,45,51)(H,46,53)(H,47,54)/t27?,29-,31?,32-,33-,35+/m0/s1. The molecular weight excluding hydrogens is 701 g/mol. The second-order valence-electron chi connectivity index (χ2n) is 16.4. The van der Waals surface area contributed by atoms with Crippen LogP contribution in [0.1, 0.15) is 115 Å². The Morgan fingerprint density at radius 2 is 1.58 bits per heavy atom. The van der Waals surface area contributed by atoms with Crippen molar-refractivity contribution in [2.75, 3.05) is 12.1 Å². The van der Waals surface area contributed by atoms with Crippen molar-refractivity contribution in [3.63, 3.8) is 0 Å². The Morgan fingerprint density at radius 1 is 0.891 bits per heavy atom. The van der Waals surface area contributed by atoms with Crippen LogP contribution in [0.3, 0.4) is 0 Å². The molecule has 0 bridgehead atoms. The van der Waals surface area contributed by atoms with Crippen molar-refractivity contribution in [3.05, 3.63) is 54.6 Å². The molecule has 2 aliphatic carbocycles. The van der Waals surface area contributed by atoms with Gasteiger partial charge in [-0.1, -0.05) is 84.4 Å². The quantitative estimate of drug-likeness (QED) is 0.164. The number of likely N-dealkylation sites (tertiary alicyclic amines) is 1. The number of hydrazine groups is 1. The van der Waals surface area contributed by atoms with E-state index < -0.39 is 59.0 Å². The Hall–Kier alpha value is -4.88. The molecule has 55 heavy (non-hydrogen) atoms. The fourth-order valence-corrected chi connectivity index (χ4v) is 8.44. The summed E-state index contributed by atoms with van der Waals surface area (Å²) in [6.07, 6.45) is 13.3. The minimum Gasteiger partial charge on any atom is -0.344 e. The van der Waals surface area contributed by atoms with Gasteiger partial charge in [-0.2, -0.15) is 0 Å². The van der Waals surface area contributed by atoms with Gasteiger partial charge < -0.3 is 20.9 Å². The SMILES string of the molecule is CCC[C@H](NC(=O)[C@@H]1CC2CCCCC2N1C(=O)[C@@H](NC(=O)[C@@H](NC(=O)c1cnccn1)C1CCCCC1)C(C)(C)C)C(=O)C(=O)NN(C)c1ccccc1. The van der Waals surface area contributed by atoms with E-state index in [2.05, 4.69) is 31.3 Å². The molecule has 14 nitrogen and oxygen atoms in total. The number of aromatic nitrogens is 2. The van der Waals surface area contributed by atoms with Gasteiger partial charge in [-0.25, -0.2) is 4.98 Å². The number of carbonyl (C=O) groups excluding carboxylic acids is 6. The minimum absolute atomic E-state index is 0.0779. The number of carbonyl (C=O) groups is 6. The lowest BCUT2D eigenvalue weighted by atomic mass is 9.81. The fraction of sp³-hybridized carbons (Fsp3) is 0.610. The van der Waals surface area contributed by atoms with Gasteiger partial charge in [0.2, 0.25) is 23.5 Å². The molecule has 1 aromatic heterocycles. The molecule has 3 aliphatic rings. The summed E-state index contributed by atoms with van der Waals surface area (Å²) in [7, 11) is 1.63. The third-order valence-corrected chi connectivity index (χ3v) is 11.4. The van der Waals surface area contributed by atoms with E-state index in [9.17, 15) is 28.8 Å². The Morgan fingerprint density at radius 3 is 2.24 bits per heavy atom. The Balaban J connectivity index is 1.36. The molecule has 5 rings (SSSR count). The number of ketones is 1. The van der Waals surface area contributed by atoms with Crippen molar-refractivity contribution >= 4 is 41.0 Å². The maximum absolute atomic E-state index is 14.9. The zero-order chi connectivity index (χ0) is 39.7. The van der Waals surface area contributed by atoms with Crippen molar-refractivity contribution in [3.8, 4) is 0 Å². The number of nitrogens with zero attached hydrogens (tertiary/aromatic N) is 4. The Kier molecular flexibility index (Phi) is 14.0. The van der Waals surface area contributed by atoms with Crippen molar-refractivity contribution in [2.24, 2.45) is 17.3 Å². The molecular formula is C41H58N8O6. The van der Waals surface area contributed by atoms with Crippen LogP contribution in [-0.4, -0.2) is 87.4 Å². The van der Waals surface area contributed by atoms with Crippen LogP contribution in [0.2, 0.25) is 0 Å². The molecule has 2 aromatic rings. The van der Waals surface area contributed by atoms with Gasteiger partial charge in [-0.3, -0.25) is 44.2 Å². The third-order valence-electron chi connectivity index (χ3n) is 11.4. The highest BCUT2D eigenvalue weighted by atomic mass is 16.2. The number of Topliss-reactive ketones (excluding diaryl/α,β-unsaturated/α-hetero) is 1. The molecule has 5 amide bonds. The zero-order valence-electron chi connectivity index (χ0n) is 32.9. The maximum atomic E-state index is 14.9. The van der Waals surface area contributed by atoms with Crippen LogP contribution in [0.15, 0.2) is 48.9 Å². The number of hydrogen-bond acceptors (Lipinski definition) is 9. The van der Waals surface area contributed by atoms with Crippen molar-refractivity contribution < 1.29 is 28.8 Å². The Labute approximate surface area is 324 Å². The first-order valence-electron chi connectivity index (χ1n) is 19.9. The van der Waals surface area contributed by atoms with E-state index in [-0.39, 0.29) is 35.9 Å². The monoisotopic (exact) mass is 758 g/mol. The van der Waals surface area contributed by atoms with Gasteiger partial charge in [0.05, 0.1) is 17.9 Å². The number of para-hydroxylation sites is 1. The summed E-state index contributed by atoms with van der Waals surface area (Å²) < 4.78 is 0. The van der Waals surface area contributed by atoms with Crippen molar-refractivity contribution in [2.45, 2.75) is 135 Å². The average molecular weight is 759 g/mol. The topological polar surface area (TPSA) is 183 Å². The summed E-state index contributed by atoms with van der Waals surface area (Å²) in [5, 5.41) is 10.3. The summed E-state index contributed by atoms with van der Waals surface area (Å²) >= 11 is 0. The first-order chi connectivity index (χ1) is 26.3. The molecule has 14 heteroatoms. The lowest BCUT2D eigenvalue weighted by Crippen LogP contribution is -2.63. The number of hydrogen-bond donors (Lipinski definition) is 4. The van der Waals surface area contributed by atoms with Crippen LogP contribution < -0.4 is 26.4 Å². The summed E-state index contributed by atoms with van der Waals surface area (Å²) in [4.78, 5) is 93.2. The molecule has 0 radical (unpaired) electrons. The summed E-state index contributed by atoms with van der Waals surface area (Å²) in [5.74, 6) is -3.53. The van der Waals surface area contributed by atoms with Gasteiger partial charge in [-0.15, -0.1) is 0 Å². The number of anilines is 1. The lowest BCUT2D eigenvalue weighted by Gasteiger charge is -2.40. The van der Waals surface area contributed by atoms with Gasteiger partial charge in [0, 0.05) is 25.5 Å². The first kappa shape index (κ1) is 41.3. The van der Waals surface area contributed by atoms with Gasteiger partial charge in [0.15, 0.2) is 0 Å². The molecule has 1 saturated heterocycles. The minimum atomic E-state index is -1.09. The largest absolute Gasteiger partial charge is 0.344 e. The number of amides is 5. The molecule has 1 aliphatic heterocycles. The number of fused-ring (bicyclic) bond motifs is 1. The second-order valence-corrected chi connectivity index (χ2v) is 16.4. The highest BCUT2D eigenvalue weighted by Crippen LogP contribution is 2.41. The highest BCUT2D eigenvalue weighted by Gasteiger charge is 2.51. The van der Waals surface area contributed by atoms with Crippen molar-refractivity contribution in [1.82, 2.24) is 36.2 Å². The molecule has 3 fully saturated rings. The van der Waals surface area contributed by atoms with Gasteiger partial charge in [0.1, 0.15) is 23.8 Å². The number of benzene rings is 1. The number of nitrogens with one attached hydrogen (secondary N) is 4.